The largest absolute Gasteiger partial charge is 0.320 e. The Bertz CT molecular complexity index is 463. The minimum absolute atomic E-state index is 0.00372. The molecule has 0 aliphatic carbocycles. The van der Waals surface area contributed by atoms with Crippen molar-refractivity contribution >= 4 is 11.3 Å². The number of rotatable bonds is 2. The van der Waals surface area contributed by atoms with Crippen molar-refractivity contribution in [3.63, 3.8) is 0 Å². The first kappa shape index (κ1) is 12.3. The maximum Gasteiger partial charge on any atom is 0.0645 e. The normalized spacial score (nSPS) is 13.6. The molecule has 1 atom stereocenters. The van der Waals surface area contributed by atoms with E-state index in [4.69, 9.17) is 5.73 Å². The Hall–Kier alpha value is -1.12. The van der Waals surface area contributed by atoms with Gasteiger partial charge >= 0.3 is 0 Å². The Balaban J connectivity index is 2.24. The summed E-state index contributed by atoms with van der Waals surface area (Å²) < 4.78 is 0. The van der Waals surface area contributed by atoms with E-state index < -0.39 is 0 Å². The zero-order valence-corrected chi connectivity index (χ0v) is 11.4. The highest BCUT2D eigenvalue weighted by Crippen LogP contribution is 2.27. The first-order valence-corrected chi connectivity index (χ1v) is 6.76. The predicted molar refractivity (Wildman–Crippen MR) is 75.5 cm³/mol. The quantitative estimate of drug-likeness (QED) is 0.847. The van der Waals surface area contributed by atoms with E-state index in [2.05, 4.69) is 56.5 Å². The first-order chi connectivity index (χ1) is 7.98. The summed E-state index contributed by atoms with van der Waals surface area (Å²) in [5.41, 5.74) is 8.96. The third kappa shape index (κ3) is 2.76. The number of nitrogens with two attached hydrogens (primary N) is 1. The van der Waals surface area contributed by atoms with E-state index in [0.717, 1.165) is 0 Å². The Morgan fingerprint density at radius 1 is 1.06 bits per heavy atom. The van der Waals surface area contributed by atoms with Crippen LogP contribution in [0.5, 0.6) is 0 Å². The lowest BCUT2D eigenvalue weighted by Gasteiger charge is -2.20. The summed E-state index contributed by atoms with van der Waals surface area (Å²) in [5, 5.41) is 2.07. The lowest BCUT2D eigenvalue weighted by atomic mass is 9.86. The van der Waals surface area contributed by atoms with Gasteiger partial charge in [-0.2, -0.15) is 0 Å². The Labute approximate surface area is 107 Å². The molecule has 0 aliphatic heterocycles. The predicted octanol–water partition coefficient (Wildman–Crippen LogP) is 4.09. The van der Waals surface area contributed by atoms with Gasteiger partial charge in [-0.1, -0.05) is 51.1 Å². The van der Waals surface area contributed by atoms with Crippen LogP contribution in [-0.4, -0.2) is 0 Å². The van der Waals surface area contributed by atoms with Crippen LogP contribution in [0.4, 0.5) is 0 Å². The van der Waals surface area contributed by atoms with Crippen molar-refractivity contribution < 1.29 is 0 Å². The fourth-order valence-electron chi connectivity index (χ4n) is 1.82. The average Bonchev–Trinajstić information content (AvgIpc) is 2.80. The zero-order valence-electron chi connectivity index (χ0n) is 10.6. The molecule has 0 radical (unpaired) electrons. The Kier molecular flexibility index (Phi) is 3.36. The summed E-state index contributed by atoms with van der Waals surface area (Å²) in [7, 11) is 0. The summed E-state index contributed by atoms with van der Waals surface area (Å²) in [6, 6.07) is 12.8. The molecular weight excluding hydrogens is 226 g/mol. The molecule has 1 heterocycles. The second-order valence-corrected chi connectivity index (χ2v) is 6.34. The first-order valence-electron chi connectivity index (χ1n) is 5.88. The highest BCUT2D eigenvalue weighted by atomic mass is 32.1. The van der Waals surface area contributed by atoms with Crippen LogP contribution in [-0.2, 0) is 5.41 Å². The van der Waals surface area contributed by atoms with E-state index in [-0.39, 0.29) is 11.5 Å². The van der Waals surface area contributed by atoms with Crippen LogP contribution in [0.15, 0.2) is 41.8 Å². The van der Waals surface area contributed by atoms with Crippen LogP contribution in [0.3, 0.4) is 0 Å². The molecule has 1 nitrogen and oxygen atoms in total. The van der Waals surface area contributed by atoms with Crippen LogP contribution < -0.4 is 5.73 Å². The molecular formula is C15H19NS. The lowest BCUT2D eigenvalue weighted by molar-refractivity contribution is 0.590. The summed E-state index contributed by atoms with van der Waals surface area (Å²) in [6.45, 7) is 6.67. The van der Waals surface area contributed by atoms with E-state index in [9.17, 15) is 0 Å². The van der Waals surface area contributed by atoms with Gasteiger partial charge in [-0.25, -0.2) is 0 Å². The third-order valence-corrected chi connectivity index (χ3v) is 3.94. The molecule has 0 fully saturated rings. The molecule has 2 N–H and O–H groups in total. The van der Waals surface area contributed by atoms with Gasteiger partial charge in [0.1, 0.15) is 0 Å². The van der Waals surface area contributed by atoms with Crippen molar-refractivity contribution in [2.24, 2.45) is 5.73 Å². The van der Waals surface area contributed by atoms with Gasteiger partial charge < -0.3 is 5.73 Å². The molecule has 90 valence electrons. The topological polar surface area (TPSA) is 26.0 Å². The second-order valence-electron chi connectivity index (χ2n) is 5.37. The van der Waals surface area contributed by atoms with Crippen LogP contribution in [0.2, 0.25) is 0 Å². The van der Waals surface area contributed by atoms with Crippen molar-refractivity contribution in [3.05, 3.63) is 57.8 Å². The van der Waals surface area contributed by atoms with E-state index in [1.165, 1.54) is 16.0 Å². The zero-order chi connectivity index (χ0) is 12.5. The van der Waals surface area contributed by atoms with Gasteiger partial charge in [0, 0.05) is 4.88 Å². The van der Waals surface area contributed by atoms with Crippen molar-refractivity contribution in [1.82, 2.24) is 0 Å². The van der Waals surface area contributed by atoms with Gasteiger partial charge in [-0.05, 0) is 28.0 Å². The smallest absolute Gasteiger partial charge is 0.0645 e. The SMILES string of the molecule is CC(C)(C)c1ccc([C@H](N)c2cccs2)cc1. The monoisotopic (exact) mass is 245 g/mol. The second kappa shape index (κ2) is 4.63. The van der Waals surface area contributed by atoms with Crippen LogP contribution in [0, 0.1) is 0 Å². The number of benzene rings is 1. The molecule has 0 amide bonds. The van der Waals surface area contributed by atoms with Gasteiger partial charge in [0.25, 0.3) is 0 Å². The van der Waals surface area contributed by atoms with Gasteiger partial charge in [0.05, 0.1) is 6.04 Å². The van der Waals surface area contributed by atoms with Gasteiger partial charge in [-0.15, -0.1) is 11.3 Å². The minimum atomic E-state index is 0.00372. The molecule has 2 heteroatoms. The van der Waals surface area contributed by atoms with Crippen LogP contribution in [0.25, 0.3) is 0 Å². The van der Waals surface area contributed by atoms with E-state index >= 15 is 0 Å². The Morgan fingerprint density at radius 3 is 2.18 bits per heavy atom. The fraction of sp³-hybridized carbons (Fsp3) is 0.333. The van der Waals surface area contributed by atoms with E-state index in [1.54, 1.807) is 11.3 Å². The molecule has 0 unspecified atom stereocenters. The molecule has 1 aromatic heterocycles. The van der Waals surface area contributed by atoms with Gasteiger partial charge in [0.2, 0.25) is 0 Å². The van der Waals surface area contributed by atoms with Gasteiger partial charge in [0.15, 0.2) is 0 Å². The summed E-state index contributed by atoms with van der Waals surface area (Å²) in [5.74, 6) is 0. The standard InChI is InChI=1S/C15H19NS/c1-15(2,3)12-8-6-11(7-9-12)14(16)13-5-4-10-17-13/h4-10,14H,16H2,1-3H3/t14-/m0/s1. The van der Waals surface area contributed by atoms with Crippen molar-refractivity contribution in [1.29, 1.82) is 0 Å². The number of hydrogen-bond acceptors (Lipinski definition) is 2. The third-order valence-electron chi connectivity index (χ3n) is 2.99. The molecule has 17 heavy (non-hydrogen) atoms. The number of thiophene rings is 1. The minimum Gasteiger partial charge on any atom is -0.320 e. The summed E-state index contributed by atoms with van der Waals surface area (Å²) in [6.07, 6.45) is 0. The van der Waals surface area contributed by atoms with Crippen LogP contribution >= 0.6 is 11.3 Å². The molecule has 0 saturated carbocycles. The highest BCUT2D eigenvalue weighted by Gasteiger charge is 2.15. The molecule has 0 saturated heterocycles. The summed E-state index contributed by atoms with van der Waals surface area (Å²) >= 11 is 1.71. The Morgan fingerprint density at radius 2 is 1.71 bits per heavy atom. The maximum absolute atomic E-state index is 6.23. The number of hydrogen-bond donors (Lipinski definition) is 1. The highest BCUT2D eigenvalue weighted by molar-refractivity contribution is 7.10. The molecule has 0 bridgehead atoms. The molecule has 0 spiro atoms. The average molecular weight is 245 g/mol. The van der Waals surface area contributed by atoms with Crippen molar-refractivity contribution in [3.8, 4) is 0 Å². The molecule has 2 aromatic rings. The fourth-order valence-corrected chi connectivity index (χ4v) is 2.58. The molecule has 1 aromatic carbocycles. The molecule has 0 aliphatic rings. The van der Waals surface area contributed by atoms with Crippen LogP contribution in [0.1, 0.15) is 42.8 Å². The van der Waals surface area contributed by atoms with Crippen molar-refractivity contribution in [2.75, 3.05) is 0 Å². The van der Waals surface area contributed by atoms with Gasteiger partial charge in [-0.3, -0.25) is 0 Å². The summed E-state index contributed by atoms with van der Waals surface area (Å²) in [4.78, 5) is 1.22. The molecule has 2 rings (SSSR count). The lowest BCUT2D eigenvalue weighted by Crippen LogP contribution is -2.13. The van der Waals surface area contributed by atoms with Crippen molar-refractivity contribution in [2.45, 2.75) is 32.2 Å². The van der Waals surface area contributed by atoms with E-state index in [1.807, 2.05) is 6.07 Å². The van der Waals surface area contributed by atoms with E-state index in [0.29, 0.717) is 0 Å². The maximum atomic E-state index is 6.23.